The fraction of sp³-hybridized carbons (Fsp3) is 0.182. The van der Waals surface area contributed by atoms with E-state index in [2.05, 4.69) is 4.98 Å². The minimum atomic E-state index is -0.403. The fourth-order valence-corrected chi connectivity index (χ4v) is 4.89. The van der Waals surface area contributed by atoms with E-state index >= 15 is 0 Å². The van der Waals surface area contributed by atoms with Crippen LogP contribution in [0.2, 0.25) is 0 Å². The first-order valence-corrected chi connectivity index (χ1v) is 10.1. The number of allylic oxidation sites excluding steroid dienone is 2. The van der Waals surface area contributed by atoms with Crippen molar-refractivity contribution in [1.29, 1.82) is 0 Å². The lowest BCUT2D eigenvalue weighted by molar-refractivity contribution is -0.116. The summed E-state index contributed by atoms with van der Waals surface area (Å²) in [5.74, 6) is 0.0993. The highest BCUT2D eigenvalue weighted by molar-refractivity contribution is 7.07. The molecule has 0 amide bonds. The fourth-order valence-electron chi connectivity index (χ4n) is 3.87. The first-order chi connectivity index (χ1) is 13.7. The monoisotopic (exact) mass is 387 g/mol. The molecule has 0 saturated heterocycles. The number of aromatic nitrogens is 2. The third kappa shape index (κ3) is 2.77. The van der Waals surface area contributed by atoms with Gasteiger partial charge in [0.25, 0.3) is 5.56 Å². The van der Waals surface area contributed by atoms with Gasteiger partial charge in [-0.1, -0.05) is 41.7 Å². The van der Waals surface area contributed by atoms with Crippen LogP contribution in [0.15, 0.2) is 75.9 Å². The number of carbonyl (C=O) groups excluding carboxylic acids is 1. The van der Waals surface area contributed by atoms with Crippen LogP contribution in [0.1, 0.15) is 36.4 Å². The molecule has 2 aromatic heterocycles. The van der Waals surface area contributed by atoms with Gasteiger partial charge in [0.2, 0.25) is 0 Å². The molecule has 0 N–H and O–H groups in total. The minimum Gasteiger partial charge on any atom is -0.294 e. The normalized spacial score (nSPS) is 19.2. The smallest absolute Gasteiger partial charge is 0.271 e. The van der Waals surface area contributed by atoms with Gasteiger partial charge in [-0.05, 0) is 42.2 Å². The van der Waals surface area contributed by atoms with Crippen LogP contribution < -0.4 is 14.9 Å². The molecule has 1 aliphatic carbocycles. The van der Waals surface area contributed by atoms with Crippen LogP contribution in [-0.2, 0) is 4.79 Å². The van der Waals surface area contributed by atoms with Crippen LogP contribution in [-0.4, -0.2) is 15.3 Å². The van der Waals surface area contributed by atoms with Crippen molar-refractivity contribution < 1.29 is 4.79 Å². The predicted molar refractivity (Wildman–Crippen MR) is 108 cm³/mol. The van der Waals surface area contributed by atoms with E-state index in [1.165, 1.54) is 11.3 Å². The highest BCUT2D eigenvalue weighted by Crippen LogP contribution is 2.35. The van der Waals surface area contributed by atoms with Crippen LogP contribution in [0.25, 0.3) is 6.08 Å². The van der Waals surface area contributed by atoms with E-state index in [9.17, 15) is 9.59 Å². The number of hydrogen-bond donors (Lipinski definition) is 0. The van der Waals surface area contributed by atoms with Crippen LogP contribution in [0.5, 0.6) is 0 Å². The minimum absolute atomic E-state index is 0.0993. The van der Waals surface area contributed by atoms with Crippen molar-refractivity contribution >= 4 is 23.2 Å². The summed E-state index contributed by atoms with van der Waals surface area (Å²) >= 11 is 1.37. The maximum absolute atomic E-state index is 13.3. The van der Waals surface area contributed by atoms with Crippen LogP contribution in [0.3, 0.4) is 0 Å². The summed E-state index contributed by atoms with van der Waals surface area (Å²) in [7, 11) is 0. The van der Waals surface area contributed by atoms with Crippen molar-refractivity contribution in [2.75, 3.05) is 0 Å². The van der Waals surface area contributed by atoms with E-state index in [0.717, 1.165) is 29.7 Å². The summed E-state index contributed by atoms with van der Waals surface area (Å²) in [5.41, 5.74) is 3.26. The summed E-state index contributed by atoms with van der Waals surface area (Å²) in [6.45, 7) is 0. The Bertz CT molecular complexity index is 1270. The van der Waals surface area contributed by atoms with Crippen molar-refractivity contribution in [2.45, 2.75) is 25.3 Å². The third-order valence-corrected chi connectivity index (χ3v) is 6.13. The number of hydrogen-bond acceptors (Lipinski definition) is 5. The summed E-state index contributed by atoms with van der Waals surface area (Å²) in [5, 5.41) is 0. The van der Waals surface area contributed by atoms with Gasteiger partial charge in [-0.2, -0.15) is 0 Å². The molecule has 5 rings (SSSR count). The highest BCUT2D eigenvalue weighted by Gasteiger charge is 2.34. The van der Waals surface area contributed by atoms with Gasteiger partial charge in [0.15, 0.2) is 10.6 Å². The molecule has 138 valence electrons. The van der Waals surface area contributed by atoms with Gasteiger partial charge in [0.1, 0.15) is 0 Å². The van der Waals surface area contributed by atoms with Crippen LogP contribution in [0, 0.1) is 0 Å². The topological polar surface area (TPSA) is 64.3 Å². The average Bonchev–Trinajstić information content (AvgIpc) is 3.03. The zero-order valence-electron chi connectivity index (χ0n) is 15.0. The van der Waals surface area contributed by atoms with Gasteiger partial charge in [0.05, 0.1) is 16.3 Å². The zero-order valence-corrected chi connectivity index (χ0v) is 15.9. The van der Waals surface area contributed by atoms with E-state index in [-0.39, 0.29) is 11.3 Å². The number of pyridine rings is 1. The molecule has 0 spiro atoms. The SMILES string of the molecule is O=C1CCCC2=C1C(c1ccccc1)n1c(s/c(=C/c3ccncc3)c1=O)=N2. The Balaban J connectivity index is 1.78. The number of ketones is 1. The molecular formula is C22H17N3O2S. The number of benzene rings is 1. The van der Waals surface area contributed by atoms with Crippen LogP contribution in [0.4, 0.5) is 0 Å². The number of thiazole rings is 1. The third-order valence-electron chi connectivity index (χ3n) is 5.15. The van der Waals surface area contributed by atoms with Gasteiger partial charge < -0.3 is 0 Å². The largest absolute Gasteiger partial charge is 0.294 e. The Morgan fingerprint density at radius 3 is 2.61 bits per heavy atom. The van der Waals surface area contributed by atoms with Gasteiger partial charge in [-0.15, -0.1) is 0 Å². The lowest BCUT2D eigenvalue weighted by Crippen LogP contribution is -2.40. The van der Waals surface area contributed by atoms with E-state index in [4.69, 9.17) is 4.99 Å². The Labute approximate surface area is 165 Å². The Morgan fingerprint density at radius 1 is 1.04 bits per heavy atom. The summed E-state index contributed by atoms with van der Waals surface area (Å²) in [4.78, 5) is 35.5. The molecule has 5 nitrogen and oxygen atoms in total. The van der Waals surface area contributed by atoms with Crippen molar-refractivity contribution in [2.24, 2.45) is 4.99 Å². The number of nitrogens with zero attached hydrogens (tertiary/aromatic N) is 3. The van der Waals surface area contributed by atoms with E-state index in [1.807, 2.05) is 48.5 Å². The first kappa shape index (κ1) is 17.0. The summed E-state index contributed by atoms with van der Waals surface area (Å²) < 4.78 is 2.30. The number of rotatable bonds is 2. The molecular weight excluding hydrogens is 370 g/mol. The molecule has 1 atom stereocenters. The molecule has 0 bridgehead atoms. The maximum Gasteiger partial charge on any atom is 0.271 e. The Morgan fingerprint density at radius 2 is 1.82 bits per heavy atom. The molecule has 6 heteroatoms. The lowest BCUT2D eigenvalue weighted by Gasteiger charge is -2.28. The number of fused-ring (bicyclic) bond motifs is 1. The molecule has 1 aromatic carbocycles. The zero-order chi connectivity index (χ0) is 19.1. The maximum atomic E-state index is 13.3. The van der Waals surface area contributed by atoms with Crippen molar-refractivity contribution in [3.05, 3.63) is 96.9 Å². The predicted octanol–water partition coefficient (Wildman–Crippen LogP) is 2.36. The van der Waals surface area contributed by atoms with Crippen molar-refractivity contribution in [3.8, 4) is 0 Å². The standard InChI is InChI=1S/C22H17N3O2S/c26-17-8-4-7-16-19(17)20(15-5-2-1-3-6-15)25-21(27)18(28-22(25)24-16)13-14-9-11-23-12-10-14/h1-3,5-6,9-13,20H,4,7-8H2/b18-13+. The van der Waals surface area contributed by atoms with E-state index < -0.39 is 6.04 Å². The number of Topliss-reactive ketones (excluding diaryl/α,β-unsaturated/α-hetero) is 1. The number of carbonyl (C=O) groups is 1. The van der Waals surface area contributed by atoms with E-state index in [1.54, 1.807) is 17.0 Å². The van der Waals surface area contributed by atoms with Gasteiger partial charge >= 0.3 is 0 Å². The Kier molecular flexibility index (Phi) is 4.13. The molecule has 28 heavy (non-hydrogen) atoms. The second-order valence-electron chi connectivity index (χ2n) is 6.91. The summed E-state index contributed by atoms with van der Waals surface area (Å²) in [6.07, 6.45) is 7.37. The van der Waals surface area contributed by atoms with Gasteiger partial charge in [-0.25, -0.2) is 4.99 Å². The highest BCUT2D eigenvalue weighted by atomic mass is 32.1. The second kappa shape index (κ2) is 6.80. The molecule has 2 aliphatic rings. The van der Waals surface area contributed by atoms with Gasteiger partial charge in [0, 0.05) is 24.4 Å². The van der Waals surface area contributed by atoms with Crippen LogP contribution >= 0.6 is 11.3 Å². The first-order valence-electron chi connectivity index (χ1n) is 9.25. The molecule has 3 aromatic rings. The van der Waals surface area contributed by atoms with Gasteiger partial charge in [-0.3, -0.25) is 19.1 Å². The lowest BCUT2D eigenvalue weighted by atomic mass is 9.86. The molecule has 0 fully saturated rings. The van der Waals surface area contributed by atoms with Crippen molar-refractivity contribution in [3.63, 3.8) is 0 Å². The average molecular weight is 387 g/mol. The Hall–Kier alpha value is -3.12. The molecule has 0 radical (unpaired) electrons. The summed E-state index contributed by atoms with van der Waals surface area (Å²) in [6, 6.07) is 13.1. The second-order valence-corrected chi connectivity index (χ2v) is 7.92. The quantitative estimate of drug-likeness (QED) is 0.678. The van der Waals surface area contributed by atoms with E-state index in [0.29, 0.717) is 21.3 Å². The molecule has 1 aliphatic heterocycles. The molecule has 0 saturated carbocycles. The molecule has 1 unspecified atom stereocenters. The van der Waals surface area contributed by atoms with Crippen molar-refractivity contribution in [1.82, 2.24) is 9.55 Å². The molecule has 3 heterocycles.